The monoisotopic (exact) mass is 296 g/mol. The first-order valence-corrected chi connectivity index (χ1v) is 8.02. The summed E-state index contributed by atoms with van der Waals surface area (Å²) in [7, 11) is 0. The summed E-state index contributed by atoms with van der Waals surface area (Å²) >= 11 is 6.42. The topological polar surface area (TPSA) is 29.3 Å². The molecule has 2 nitrogen and oxygen atoms in total. The Morgan fingerprint density at radius 2 is 1.75 bits per heavy atom. The van der Waals surface area contributed by atoms with Gasteiger partial charge in [-0.05, 0) is 37.8 Å². The van der Waals surface area contributed by atoms with E-state index in [9.17, 15) is 0 Å². The summed E-state index contributed by atoms with van der Waals surface area (Å²) in [5.74, 6) is 0.603. The molecule has 20 heavy (non-hydrogen) atoms. The summed E-state index contributed by atoms with van der Waals surface area (Å²) in [5.41, 5.74) is 7.58. The molecule has 1 rings (SSSR count). The van der Waals surface area contributed by atoms with Gasteiger partial charge < -0.3 is 5.73 Å². The van der Waals surface area contributed by atoms with Crippen molar-refractivity contribution in [1.82, 2.24) is 4.90 Å². The van der Waals surface area contributed by atoms with Crippen molar-refractivity contribution < 1.29 is 0 Å². The predicted octanol–water partition coefficient (Wildman–Crippen LogP) is 4.48. The zero-order valence-electron chi connectivity index (χ0n) is 13.4. The summed E-state index contributed by atoms with van der Waals surface area (Å²) in [5, 5.41) is 0.816. The lowest BCUT2D eigenvalue weighted by Crippen LogP contribution is -2.45. The maximum atomic E-state index is 6.43. The van der Waals surface area contributed by atoms with E-state index in [1.165, 1.54) is 0 Å². The highest BCUT2D eigenvalue weighted by atomic mass is 35.5. The third-order valence-corrected chi connectivity index (χ3v) is 4.04. The first-order valence-electron chi connectivity index (χ1n) is 7.64. The lowest BCUT2D eigenvalue weighted by atomic mass is 9.94. The molecule has 0 fully saturated rings. The van der Waals surface area contributed by atoms with E-state index in [-0.39, 0.29) is 12.1 Å². The highest BCUT2D eigenvalue weighted by molar-refractivity contribution is 6.31. The van der Waals surface area contributed by atoms with Crippen LogP contribution < -0.4 is 5.73 Å². The standard InChI is InChI=1S/C17H29ClN2/c1-6-16(19)17(14-9-7-8-10-15(14)18)20(13(4)5)11-12(2)3/h7-10,12-13,16-17H,6,11,19H2,1-5H3. The van der Waals surface area contributed by atoms with Crippen molar-refractivity contribution in [2.24, 2.45) is 11.7 Å². The third kappa shape index (κ3) is 4.47. The average molecular weight is 297 g/mol. The highest BCUT2D eigenvalue weighted by Crippen LogP contribution is 2.32. The minimum Gasteiger partial charge on any atom is -0.326 e. The summed E-state index contributed by atoms with van der Waals surface area (Å²) < 4.78 is 0. The molecule has 0 saturated carbocycles. The molecule has 0 aliphatic rings. The van der Waals surface area contributed by atoms with E-state index in [0.717, 1.165) is 23.6 Å². The van der Waals surface area contributed by atoms with Gasteiger partial charge in [-0.15, -0.1) is 0 Å². The minimum absolute atomic E-state index is 0.0936. The Balaban J connectivity index is 3.19. The van der Waals surface area contributed by atoms with Crippen molar-refractivity contribution in [1.29, 1.82) is 0 Å². The first-order chi connectivity index (χ1) is 9.38. The second-order valence-corrected chi connectivity index (χ2v) is 6.63. The number of rotatable bonds is 7. The summed E-state index contributed by atoms with van der Waals surface area (Å²) in [6.45, 7) is 12.1. The number of benzene rings is 1. The Bertz CT molecular complexity index is 404. The number of hydrogen-bond donors (Lipinski definition) is 1. The van der Waals surface area contributed by atoms with E-state index in [4.69, 9.17) is 17.3 Å². The Morgan fingerprint density at radius 3 is 2.20 bits per heavy atom. The quantitative estimate of drug-likeness (QED) is 0.803. The van der Waals surface area contributed by atoms with Gasteiger partial charge in [-0.3, -0.25) is 4.90 Å². The number of halogens is 1. The van der Waals surface area contributed by atoms with Gasteiger partial charge in [-0.25, -0.2) is 0 Å². The normalized spacial score (nSPS) is 15.1. The van der Waals surface area contributed by atoms with Gasteiger partial charge in [0.25, 0.3) is 0 Å². The molecule has 0 spiro atoms. The summed E-state index contributed by atoms with van der Waals surface area (Å²) in [6, 6.07) is 8.80. The molecule has 0 aliphatic heterocycles. The largest absolute Gasteiger partial charge is 0.326 e. The molecular formula is C17H29ClN2. The lowest BCUT2D eigenvalue weighted by Gasteiger charge is -2.40. The molecular weight excluding hydrogens is 268 g/mol. The molecule has 0 bridgehead atoms. The lowest BCUT2D eigenvalue weighted by molar-refractivity contribution is 0.114. The third-order valence-electron chi connectivity index (χ3n) is 3.70. The molecule has 3 heteroatoms. The van der Waals surface area contributed by atoms with Gasteiger partial charge >= 0.3 is 0 Å². The Hall–Kier alpha value is -0.570. The fraction of sp³-hybridized carbons (Fsp3) is 0.647. The molecule has 0 aliphatic carbocycles. The Labute approximate surface area is 129 Å². The first kappa shape index (κ1) is 17.5. The van der Waals surface area contributed by atoms with Crippen molar-refractivity contribution in [3.05, 3.63) is 34.9 Å². The Morgan fingerprint density at radius 1 is 1.15 bits per heavy atom. The second-order valence-electron chi connectivity index (χ2n) is 6.22. The van der Waals surface area contributed by atoms with Crippen LogP contribution in [0.3, 0.4) is 0 Å². The van der Waals surface area contributed by atoms with Crippen LogP contribution in [0.1, 0.15) is 52.6 Å². The van der Waals surface area contributed by atoms with Gasteiger partial charge in [0.15, 0.2) is 0 Å². The molecule has 2 atom stereocenters. The van der Waals surface area contributed by atoms with Gasteiger partial charge in [0, 0.05) is 23.7 Å². The molecule has 1 aromatic rings. The molecule has 1 aromatic carbocycles. The smallest absolute Gasteiger partial charge is 0.0516 e. The van der Waals surface area contributed by atoms with Crippen LogP contribution in [0.15, 0.2) is 24.3 Å². The van der Waals surface area contributed by atoms with Crippen molar-refractivity contribution in [3.8, 4) is 0 Å². The highest BCUT2D eigenvalue weighted by Gasteiger charge is 2.29. The minimum atomic E-state index is 0.0936. The molecule has 0 saturated heterocycles. The molecule has 2 unspecified atom stereocenters. The van der Waals surface area contributed by atoms with Gasteiger partial charge in [-0.2, -0.15) is 0 Å². The van der Waals surface area contributed by atoms with E-state index in [1.807, 2.05) is 18.2 Å². The van der Waals surface area contributed by atoms with Gasteiger partial charge in [0.1, 0.15) is 0 Å². The maximum absolute atomic E-state index is 6.43. The second kappa shape index (κ2) is 8.02. The molecule has 0 amide bonds. The van der Waals surface area contributed by atoms with Crippen LogP contribution in [-0.2, 0) is 0 Å². The zero-order chi connectivity index (χ0) is 15.3. The molecule has 0 heterocycles. The SMILES string of the molecule is CCC(N)C(c1ccccc1Cl)N(CC(C)C)C(C)C. The van der Waals surface area contributed by atoms with Crippen molar-refractivity contribution >= 4 is 11.6 Å². The van der Waals surface area contributed by atoms with Crippen LogP contribution in [0.2, 0.25) is 5.02 Å². The molecule has 114 valence electrons. The predicted molar refractivity (Wildman–Crippen MR) is 89.1 cm³/mol. The zero-order valence-corrected chi connectivity index (χ0v) is 14.2. The van der Waals surface area contributed by atoms with E-state index in [2.05, 4.69) is 45.6 Å². The molecule has 2 N–H and O–H groups in total. The van der Waals surface area contributed by atoms with E-state index >= 15 is 0 Å². The number of hydrogen-bond acceptors (Lipinski definition) is 2. The van der Waals surface area contributed by atoms with Crippen LogP contribution in [-0.4, -0.2) is 23.5 Å². The average Bonchev–Trinajstić information content (AvgIpc) is 2.39. The molecule has 0 radical (unpaired) electrons. The van der Waals surface area contributed by atoms with Crippen molar-refractivity contribution in [3.63, 3.8) is 0 Å². The van der Waals surface area contributed by atoms with Gasteiger partial charge in [-0.1, -0.05) is 50.6 Å². The van der Waals surface area contributed by atoms with E-state index in [0.29, 0.717) is 12.0 Å². The van der Waals surface area contributed by atoms with Crippen LogP contribution in [0.5, 0.6) is 0 Å². The fourth-order valence-corrected chi connectivity index (χ4v) is 2.91. The maximum Gasteiger partial charge on any atom is 0.0516 e. The number of nitrogens with two attached hydrogens (primary N) is 1. The van der Waals surface area contributed by atoms with Crippen molar-refractivity contribution in [2.45, 2.75) is 59.2 Å². The number of nitrogens with zero attached hydrogens (tertiary/aromatic N) is 1. The van der Waals surface area contributed by atoms with Crippen LogP contribution in [0.4, 0.5) is 0 Å². The van der Waals surface area contributed by atoms with E-state index < -0.39 is 0 Å². The summed E-state index contributed by atoms with van der Waals surface area (Å²) in [4.78, 5) is 2.49. The fourth-order valence-electron chi connectivity index (χ4n) is 2.66. The van der Waals surface area contributed by atoms with Gasteiger partial charge in [0.2, 0.25) is 0 Å². The Kier molecular flexibility index (Phi) is 7.01. The van der Waals surface area contributed by atoms with E-state index in [1.54, 1.807) is 0 Å². The van der Waals surface area contributed by atoms with Gasteiger partial charge in [0.05, 0.1) is 6.04 Å². The summed E-state index contributed by atoms with van der Waals surface area (Å²) in [6.07, 6.45) is 0.942. The van der Waals surface area contributed by atoms with Crippen molar-refractivity contribution in [2.75, 3.05) is 6.54 Å². The van der Waals surface area contributed by atoms with Crippen LogP contribution in [0.25, 0.3) is 0 Å². The van der Waals surface area contributed by atoms with Crippen LogP contribution >= 0.6 is 11.6 Å². The molecule has 0 aromatic heterocycles. The van der Waals surface area contributed by atoms with Crippen LogP contribution in [0, 0.1) is 5.92 Å².